The molecular weight excluding hydrogens is 439 g/mol. The second-order valence-corrected chi connectivity index (χ2v) is 6.98. The molecule has 33 heavy (non-hydrogen) atoms. The predicted molar refractivity (Wildman–Crippen MR) is 109 cm³/mol. The topological polar surface area (TPSA) is 141 Å². The van der Waals surface area contributed by atoms with Gasteiger partial charge in [0.1, 0.15) is 12.4 Å². The van der Waals surface area contributed by atoms with Crippen LogP contribution in [-0.2, 0) is 20.9 Å². The molecule has 1 aliphatic rings. The van der Waals surface area contributed by atoms with E-state index in [9.17, 15) is 28.4 Å². The van der Waals surface area contributed by atoms with Crippen molar-refractivity contribution in [1.82, 2.24) is 14.7 Å². The summed E-state index contributed by atoms with van der Waals surface area (Å²) in [7, 11) is 1.35. The summed E-state index contributed by atoms with van der Waals surface area (Å²) in [5.41, 5.74) is 0.952. The highest BCUT2D eigenvalue weighted by Gasteiger charge is 2.32. The first-order valence-electron chi connectivity index (χ1n) is 9.49. The van der Waals surface area contributed by atoms with Crippen molar-refractivity contribution in [2.45, 2.75) is 6.54 Å². The van der Waals surface area contributed by atoms with E-state index in [1.54, 1.807) is 0 Å². The van der Waals surface area contributed by atoms with Crippen molar-refractivity contribution in [2.24, 2.45) is 0 Å². The summed E-state index contributed by atoms with van der Waals surface area (Å²) >= 11 is 0. The average molecular weight is 454 g/mol. The molecule has 1 aromatic heterocycles. The van der Waals surface area contributed by atoms with Gasteiger partial charge < -0.3 is 14.5 Å². The standard InChI is InChI=1S/C21H15FN4O7/c1-25-19(29)14-7-6-13(8-15(14)20(25)30)23-16(27)10-32-17(28)9-26-21(31)33-18(24-26)11-2-4-12(22)5-3-11/h2-8H,9-10H2,1H3,(H,23,27). The molecule has 0 aliphatic carbocycles. The lowest BCUT2D eigenvalue weighted by atomic mass is 10.1. The number of aromatic nitrogens is 2. The number of halogens is 1. The van der Waals surface area contributed by atoms with Crippen LogP contribution in [0, 0.1) is 5.82 Å². The van der Waals surface area contributed by atoms with Crippen LogP contribution in [-0.4, -0.2) is 52.0 Å². The van der Waals surface area contributed by atoms with Gasteiger partial charge in [-0.3, -0.25) is 24.1 Å². The molecule has 0 saturated carbocycles. The number of ether oxygens (including phenoxy) is 1. The lowest BCUT2D eigenvalue weighted by Gasteiger charge is -2.07. The van der Waals surface area contributed by atoms with Crippen molar-refractivity contribution in [3.8, 4) is 11.5 Å². The largest absolute Gasteiger partial charge is 0.454 e. The molecule has 4 rings (SSSR count). The zero-order chi connectivity index (χ0) is 23.7. The number of nitrogens with one attached hydrogen (secondary N) is 1. The Morgan fingerprint density at radius 1 is 1.06 bits per heavy atom. The van der Waals surface area contributed by atoms with E-state index in [1.165, 1.54) is 37.4 Å². The van der Waals surface area contributed by atoms with Crippen LogP contribution in [0.15, 0.2) is 51.7 Å². The number of hydrogen-bond acceptors (Lipinski definition) is 8. The second kappa shape index (κ2) is 8.49. The third-order valence-electron chi connectivity index (χ3n) is 4.71. The molecule has 0 unspecified atom stereocenters. The van der Waals surface area contributed by atoms with Gasteiger partial charge in [0.25, 0.3) is 17.7 Å². The summed E-state index contributed by atoms with van der Waals surface area (Å²) in [5, 5.41) is 6.30. The zero-order valence-corrected chi connectivity index (χ0v) is 17.0. The van der Waals surface area contributed by atoms with Gasteiger partial charge in [-0.1, -0.05) is 0 Å². The van der Waals surface area contributed by atoms with Crippen LogP contribution in [0.5, 0.6) is 0 Å². The molecule has 2 heterocycles. The minimum Gasteiger partial charge on any atom is -0.454 e. The fourth-order valence-corrected chi connectivity index (χ4v) is 3.07. The van der Waals surface area contributed by atoms with Gasteiger partial charge in [-0.15, -0.1) is 5.10 Å². The molecule has 0 fully saturated rings. The summed E-state index contributed by atoms with van der Waals surface area (Å²) in [6.07, 6.45) is 0. The van der Waals surface area contributed by atoms with Crippen molar-refractivity contribution in [3.63, 3.8) is 0 Å². The predicted octanol–water partition coefficient (Wildman–Crippen LogP) is 1.05. The van der Waals surface area contributed by atoms with Gasteiger partial charge in [-0.2, -0.15) is 4.68 Å². The van der Waals surface area contributed by atoms with Gasteiger partial charge in [-0.25, -0.2) is 9.18 Å². The van der Waals surface area contributed by atoms with Gasteiger partial charge in [0, 0.05) is 18.3 Å². The highest BCUT2D eigenvalue weighted by molar-refractivity contribution is 6.21. The quantitative estimate of drug-likeness (QED) is 0.430. The Balaban J connectivity index is 1.33. The number of rotatable bonds is 6. The average Bonchev–Trinajstić information content (AvgIpc) is 3.25. The summed E-state index contributed by atoms with van der Waals surface area (Å²) < 4.78 is 23.5. The van der Waals surface area contributed by atoms with Crippen molar-refractivity contribution in [3.05, 3.63) is 70.0 Å². The minimum absolute atomic E-state index is 0.110. The SMILES string of the molecule is CN1C(=O)c2ccc(NC(=O)COC(=O)Cn3nc(-c4ccc(F)cc4)oc3=O)cc2C1=O. The molecule has 0 bridgehead atoms. The Bertz CT molecular complexity index is 1340. The van der Waals surface area contributed by atoms with E-state index in [1.807, 2.05) is 0 Å². The van der Waals surface area contributed by atoms with E-state index in [4.69, 9.17) is 9.15 Å². The highest BCUT2D eigenvalue weighted by atomic mass is 19.1. The Labute approximate surface area is 184 Å². The van der Waals surface area contributed by atoms with Crippen molar-refractivity contribution < 1.29 is 32.7 Å². The lowest BCUT2D eigenvalue weighted by molar-refractivity contribution is -0.148. The van der Waals surface area contributed by atoms with Gasteiger partial charge in [-0.05, 0) is 42.5 Å². The first kappa shape index (κ1) is 21.6. The number of amides is 3. The smallest absolute Gasteiger partial charge is 0.437 e. The Hall–Kier alpha value is -4.61. The van der Waals surface area contributed by atoms with E-state index >= 15 is 0 Å². The number of benzene rings is 2. The van der Waals surface area contributed by atoms with Gasteiger partial charge in [0.15, 0.2) is 6.61 Å². The number of hydrogen-bond donors (Lipinski definition) is 1. The van der Waals surface area contributed by atoms with Crippen molar-refractivity contribution in [1.29, 1.82) is 0 Å². The molecule has 0 atom stereocenters. The monoisotopic (exact) mass is 454 g/mol. The van der Waals surface area contributed by atoms with Gasteiger partial charge in [0.05, 0.1) is 11.1 Å². The first-order valence-corrected chi connectivity index (χ1v) is 9.49. The minimum atomic E-state index is -0.932. The molecule has 1 aliphatic heterocycles. The summed E-state index contributed by atoms with van der Waals surface area (Å²) in [6.45, 7) is -1.28. The molecule has 2 aromatic carbocycles. The number of carbonyl (C=O) groups is 4. The number of carbonyl (C=O) groups excluding carboxylic acids is 4. The van der Waals surface area contributed by atoms with E-state index < -0.39 is 48.4 Å². The van der Waals surface area contributed by atoms with Crippen molar-refractivity contribution >= 4 is 29.4 Å². The maximum Gasteiger partial charge on any atom is 0.437 e. The third-order valence-corrected chi connectivity index (χ3v) is 4.71. The van der Waals surface area contributed by atoms with Crippen LogP contribution in [0.4, 0.5) is 10.1 Å². The molecular formula is C21H15FN4O7. The molecule has 168 valence electrons. The number of imide groups is 1. The van der Waals surface area contributed by atoms with E-state index in [-0.39, 0.29) is 22.7 Å². The second-order valence-electron chi connectivity index (χ2n) is 6.98. The normalized spacial score (nSPS) is 12.6. The lowest BCUT2D eigenvalue weighted by Crippen LogP contribution is -2.26. The van der Waals surface area contributed by atoms with Gasteiger partial charge in [0.2, 0.25) is 5.89 Å². The molecule has 12 heteroatoms. The van der Waals surface area contributed by atoms with Crippen LogP contribution < -0.4 is 11.1 Å². The van der Waals surface area contributed by atoms with E-state index in [2.05, 4.69) is 10.4 Å². The van der Waals surface area contributed by atoms with E-state index in [0.29, 0.717) is 10.2 Å². The maximum absolute atomic E-state index is 13.0. The maximum atomic E-state index is 13.0. The first-order chi connectivity index (χ1) is 15.7. The van der Waals surface area contributed by atoms with Gasteiger partial charge >= 0.3 is 11.7 Å². The number of nitrogens with zero attached hydrogens (tertiary/aromatic N) is 3. The number of esters is 1. The number of fused-ring (bicyclic) bond motifs is 1. The zero-order valence-electron chi connectivity index (χ0n) is 17.0. The fraction of sp³-hybridized carbons (Fsp3) is 0.143. The molecule has 11 nitrogen and oxygen atoms in total. The van der Waals surface area contributed by atoms with Crippen molar-refractivity contribution in [2.75, 3.05) is 19.0 Å². The summed E-state index contributed by atoms with van der Waals surface area (Å²) in [4.78, 5) is 60.9. The number of anilines is 1. The molecule has 0 spiro atoms. The molecule has 0 saturated heterocycles. The molecule has 0 radical (unpaired) electrons. The highest BCUT2D eigenvalue weighted by Crippen LogP contribution is 2.24. The van der Waals surface area contributed by atoms with Crippen LogP contribution >= 0.6 is 0 Å². The van der Waals surface area contributed by atoms with Crippen LogP contribution in [0.25, 0.3) is 11.5 Å². The Morgan fingerprint density at radius 2 is 1.76 bits per heavy atom. The molecule has 3 amide bonds. The Morgan fingerprint density at radius 3 is 2.48 bits per heavy atom. The molecule has 1 N–H and O–H groups in total. The fourth-order valence-electron chi connectivity index (χ4n) is 3.07. The van der Waals surface area contributed by atoms with E-state index in [0.717, 1.165) is 17.0 Å². The summed E-state index contributed by atoms with van der Waals surface area (Å²) in [5.74, 6) is -4.08. The third kappa shape index (κ3) is 4.39. The van der Waals surface area contributed by atoms with Crippen LogP contribution in [0.3, 0.4) is 0 Å². The summed E-state index contributed by atoms with van der Waals surface area (Å²) in [6, 6.07) is 9.24. The van der Waals surface area contributed by atoms with Crippen LogP contribution in [0.2, 0.25) is 0 Å². The Kier molecular flexibility index (Phi) is 5.56. The van der Waals surface area contributed by atoms with Crippen LogP contribution in [0.1, 0.15) is 20.7 Å². The molecule has 3 aromatic rings.